The third-order valence-corrected chi connectivity index (χ3v) is 4.16. The van der Waals surface area contributed by atoms with Crippen LogP contribution in [0.2, 0.25) is 5.02 Å². The quantitative estimate of drug-likeness (QED) is 0.560. The molecule has 0 bridgehead atoms. The van der Waals surface area contributed by atoms with Gasteiger partial charge in [0.2, 0.25) is 0 Å². The van der Waals surface area contributed by atoms with Crippen molar-refractivity contribution < 1.29 is 4.84 Å². The average Bonchev–Trinajstić information content (AvgIpc) is 3.30. The van der Waals surface area contributed by atoms with Crippen LogP contribution in [0.15, 0.2) is 59.8 Å². The van der Waals surface area contributed by atoms with Crippen LogP contribution < -0.4 is 0 Å². The van der Waals surface area contributed by atoms with E-state index in [1.807, 2.05) is 49.4 Å². The molecule has 1 saturated carbocycles. The number of halogens is 1. The first-order chi connectivity index (χ1) is 10.2. The van der Waals surface area contributed by atoms with Gasteiger partial charge in [0.15, 0.2) is 0 Å². The fourth-order valence-corrected chi connectivity index (χ4v) is 2.71. The highest BCUT2D eigenvalue weighted by molar-refractivity contribution is 6.30. The van der Waals surface area contributed by atoms with Crippen LogP contribution in [0.3, 0.4) is 0 Å². The van der Waals surface area contributed by atoms with E-state index in [0.717, 1.165) is 22.7 Å². The van der Waals surface area contributed by atoms with Gasteiger partial charge in [-0.1, -0.05) is 59.2 Å². The van der Waals surface area contributed by atoms with Crippen molar-refractivity contribution in [1.82, 2.24) is 0 Å². The molecule has 21 heavy (non-hydrogen) atoms. The zero-order valence-electron chi connectivity index (χ0n) is 12.0. The number of rotatable bonds is 5. The van der Waals surface area contributed by atoms with Gasteiger partial charge >= 0.3 is 0 Å². The minimum atomic E-state index is 0.502. The largest absolute Gasteiger partial charge is 0.391 e. The summed E-state index contributed by atoms with van der Waals surface area (Å²) in [6, 6.07) is 18.2. The lowest BCUT2D eigenvalue weighted by molar-refractivity contribution is 0.129. The Balaban J connectivity index is 1.53. The summed E-state index contributed by atoms with van der Waals surface area (Å²) < 4.78 is 0. The van der Waals surface area contributed by atoms with E-state index in [2.05, 4.69) is 17.3 Å². The predicted molar refractivity (Wildman–Crippen MR) is 86.6 cm³/mol. The van der Waals surface area contributed by atoms with Crippen LogP contribution in [-0.4, -0.2) is 5.71 Å². The standard InChI is InChI=1S/C18H18ClNO/c1-13(20-21-12-14-5-3-2-4-6-14)17-11-18(17)15-7-9-16(19)10-8-15/h2-10,17-18H,11-12H2,1H3/b20-13-/t17-,18-/m1/s1. The van der Waals surface area contributed by atoms with E-state index in [1.54, 1.807) is 0 Å². The zero-order chi connectivity index (χ0) is 14.7. The monoisotopic (exact) mass is 299 g/mol. The van der Waals surface area contributed by atoms with Gasteiger partial charge in [-0.25, -0.2) is 0 Å². The average molecular weight is 300 g/mol. The maximum Gasteiger partial charge on any atom is 0.142 e. The topological polar surface area (TPSA) is 21.6 Å². The van der Waals surface area contributed by atoms with Crippen LogP contribution in [-0.2, 0) is 11.4 Å². The summed E-state index contributed by atoms with van der Waals surface area (Å²) in [4.78, 5) is 5.45. The highest BCUT2D eigenvalue weighted by Gasteiger charge is 2.40. The number of benzene rings is 2. The Morgan fingerprint density at radius 1 is 1.14 bits per heavy atom. The number of nitrogens with zero attached hydrogens (tertiary/aromatic N) is 1. The van der Waals surface area contributed by atoms with Gasteiger partial charge in [-0.05, 0) is 42.5 Å². The second-order valence-corrected chi connectivity index (χ2v) is 5.93. The third kappa shape index (κ3) is 3.64. The van der Waals surface area contributed by atoms with Crippen molar-refractivity contribution in [3.05, 3.63) is 70.7 Å². The molecule has 2 aromatic rings. The van der Waals surface area contributed by atoms with Gasteiger partial charge in [-0.3, -0.25) is 0 Å². The molecular formula is C18H18ClNO. The molecule has 1 fully saturated rings. The second kappa shape index (κ2) is 6.31. The molecule has 2 nitrogen and oxygen atoms in total. The van der Waals surface area contributed by atoms with E-state index in [1.165, 1.54) is 5.56 Å². The van der Waals surface area contributed by atoms with E-state index in [0.29, 0.717) is 18.4 Å². The first-order valence-electron chi connectivity index (χ1n) is 7.20. The maximum absolute atomic E-state index is 5.92. The highest BCUT2D eigenvalue weighted by atomic mass is 35.5. The molecule has 2 aromatic carbocycles. The van der Waals surface area contributed by atoms with Crippen LogP contribution in [0.5, 0.6) is 0 Å². The first kappa shape index (κ1) is 14.2. The van der Waals surface area contributed by atoms with Crippen LogP contribution in [0.4, 0.5) is 0 Å². The van der Waals surface area contributed by atoms with Gasteiger partial charge in [-0.2, -0.15) is 0 Å². The normalized spacial score (nSPS) is 21.1. The van der Waals surface area contributed by atoms with Crippen LogP contribution in [0.1, 0.15) is 30.4 Å². The van der Waals surface area contributed by atoms with Gasteiger partial charge < -0.3 is 4.84 Å². The fourth-order valence-electron chi connectivity index (χ4n) is 2.59. The first-order valence-corrected chi connectivity index (χ1v) is 7.57. The van der Waals surface area contributed by atoms with E-state index >= 15 is 0 Å². The Hall–Kier alpha value is -1.80. The van der Waals surface area contributed by atoms with E-state index in [9.17, 15) is 0 Å². The molecule has 1 aliphatic carbocycles. The van der Waals surface area contributed by atoms with Crippen molar-refractivity contribution in [2.45, 2.75) is 25.9 Å². The van der Waals surface area contributed by atoms with Crippen LogP contribution in [0, 0.1) is 5.92 Å². The maximum atomic E-state index is 5.92. The lowest BCUT2D eigenvalue weighted by Gasteiger charge is -2.03. The molecule has 3 heteroatoms. The highest BCUT2D eigenvalue weighted by Crippen LogP contribution is 2.48. The van der Waals surface area contributed by atoms with Crippen LogP contribution >= 0.6 is 11.6 Å². The third-order valence-electron chi connectivity index (χ3n) is 3.91. The second-order valence-electron chi connectivity index (χ2n) is 5.49. The Morgan fingerprint density at radius 2 is 1.86 bits per heavy atom. The Kier molecular flexibility index (Phi) is 4.26. The molecule has 0 radical (unpaired) electrons. The molecule has 108 valence electrons. The van der Waals surface area contributed by atoms with E-state index in [4.69, 9.17) is 16.4 Å². The van der Waals surface area contributed by atoms with E-state index < -0.39 is 0 Å². The van der Waals surface area contributed by atoms with Gasteiger partial charge in [0, 0.05) is 10.9 Å². The SMILES string of the molecule is C/C(=N/OCc1ccccc1)[C@H]1C[C@@H]1c1ccc(Cl)cc1. The molecule has 0 aliphatic heterocycles. The van der Waals surface area contributed by atoms with Crippen molar-refractivity contribution in [3.8, 4) is 0 Å². The lowest BCUT2D eigenvalue weighted by atomic mass is 10.1. The summed E-state index contributed by atoms with van der Waals surface area (Å²) in [6.07, 6.45) is 1.14. The van der Waals surface area contributed by atoms with Crippen molar-refractivity contribution >= 4 is 17.3 Å². The molecule has 3 rings (SSSR count). The van der Waals surface area contributed by atoms with Gasteiger partial charge in [0.25, 0.3) is 0 Å². The predicted octanol–water partition coefficient (Wildman–Crippen LogP) is 5.04. The number of hydrogen-bond acceptors (Lipinski definition) is 2. The molecular weight excluding hydrogens is 282 g/mol. The van der Waals surface area contributed by atoms with Gasteiger partial charge in [0.05, 0.1) is 5.71 Å². The summed E-state index contributed by atoms with van der Waals surface area (Å²) >= 11 is 5.92. The summed E-state index contributed by atoms with van der Waals surface area (Å²) in [5, 5.41) is 5.05. The van der Waals surface area contributed by atoms with Gasteiger partial charge in [0.1, 0.15) is 6.61 Å². The number of hydrogen-bond donors (Lipinski definition) is 0. The zero-order valence-corrected chi connectivity index (χ0v) is 12.8. The molecule has 0 amide bonds. The van der Waals surface area contributed by atoms with Crippen molar-refractivity contribution in [3.63, 3.8) is 0 Å². The van der Waals surface area contributed by atoms with E-state index in [-0.39, 0.29) is 0 Å². The summed E-state index contributed by atoms with van der Waals surface area (Å²) in [7, 11) is 0. The smallest absolute Gasteiger partial charge is 0.142 e. The molecule has 0 N–H and O–H groups in total. The van der Waals surface area contributed by atoms with Crippen LogP contribution in [0.25, 0.3) is 0 Å². The lowest BCUT2D eigenvalue weighted by Crippen LogP contribution is -1.98. The molecule has 0 aromatic heterocycles. The summed E-state index contributed by atoms with van der Waals surface area (Å²) in [5.74, 6) is 1.06. The van der Waals surface area contributed by atoms with Gasteiger partial charge in [-0.15, -0.1) is 0 Å². The van der Waals surface area contributed by atoms with Crippen molar-refractivity contribution in [2.75, 3.05) is 0 Å². The summed E-state index contributed by atoms with van der Waals surface area (Å²) in [6.45, 7) is 2.57. The molecule has 0 heterocycles. The Bertz CT molecular complexity index is 621. The fraction of sp³-hybridized carbons (Fsp3) is 0.278. The number of oxime groups is 1. The van der Waals surface area contributed by atoms with Crippen molar-refractivity contribution in [1.29, 1.82) is 0 Å². The minimum Gasteiger partial charge on any atom is -0.391 e. The Morgan fingerprint density at radius 3 is 2.57 bits per heavy atom. The molecule has 1 aliphatic rings. The minimum absolute atomic E-state index is 0.502. The molecule has 0 spiro atoms. The molecule has 2 atom stereocenters. The summed E-state index contributed by atoms with van der Waals surface area (Å²) in [5.41, 5.74) is 3.55. The van der Waals surface area contributed by atoms with Crippen molar-refractivity contribution in [2.24, 2.45) is 11.1 Å². The molecule has 0 unspecified atom stereocenters. The molecule has 0 saturated heterocycles. The Labute approximate surface area is 130 Å².